The molecule has 0 bridgehead atoms. The fraction of sp³-hybridized carbons (Fsp3) is 0.938. The van der Waals surface area contributed by atoms with E-state index >= 15 is 0 Å². The van der Waals surface area contributed by atoms with Crippen LogP contribution in [0.1, 0.15) is 46.0 Å². The first kappa shape index (κ1) is 15.8. The Kier molecular flexibility index (Phi) is 5.85. The Balaban J connectivity index is 1.69. The Morgan fingerprint density at radius 3 is 2.55 bits per heavy atom. The molecule has 0 saturated carbocycles. The summed E-state index contributed by atoms with van der Waals surface area (Å²) in [6.07, 6.45) is 5.43. The molecule has 1 amide bonds. The molecule has 0 aromatic rings. The molecule has 20 heavy (non-hydrogen) atoms. The summed E-state index contributed by atoms with van der Waals surface area (Å²) in [7, 11) is 2.20. The average Bonchev–Trinajstić information content (AvgIpc) is 2.92. The first-order valence-electron chi connectivity index (χ1n) is 8.27. The molecule has 2 rings (SSSR count). The number of rotatable bonds is 5. The third-order valence-corrected chi connectivity index (χ3v) is 4.98. The molecule has 0 spiro atoms. The molecule has 0 aromatic heterocycles. The lowest BCUT2D eigenvalue weighted by Crippen LogP contribution is -2.43. The van der Waals surface area contributed by atoms with Crippen LogP contribution in [0.5, 0.6) is 0 Å². The average molecular weight is 281 g/mol. The second-order valence-corrected chi connectivity index (χ2v) is 6.85. The second kappa shape index (κ2) is 7.41. The van der Waals surface area contributed by atoms with E-state index in [1.165, 1.54) is 32.2 Å². The normalized spacial score (nSPS) is 24.9. The molecule has 2 heterocycles. The van der Waals surface area contributed by atoms with Gasteiger partial charge in [-0.1, -0.05) is 0 Å². The van der Waals surface area contributed by atoms with Gasteiger partial charge in [-0.05, 0) is 59.0 Å². The number of nitrogens with one attached hydrogen (secondary N) is 1. The molecular formula is C16H31N3O. The number of piperidine rings is 1. The zero-order valence-corrected chi connectivity index (χ0v) is 13.4. The first-order valence-corrected chi connectivity index (χ1v) is 8.27. The van der Waals surface area contributed by atoms with Gasteiger partial charge in [0, 0.05) is 38.1 Å². The highest BCUT2D eigenvalue weighted by molar-refractivity contribution is 5.77. The number of hydrogen-bond donors (Lipinski definition) is 1. The van der Waals surface area contributed by atoms with Crippen molar-refractivity contribution in [3.05, 3.63) is 0 Å². The second-order valence-electron chi connectivity index (χ2n) is 6.85. The number of carbonyl (C=O) groups excluding carboxylic acids is 1. The lowest BCUT2D eigenvalue weighted by molar-refractivity contribution is -0.133. The fourth-order valence-electron chi connectivity index (χ4n) is 3.25. The van der Waals surface area contributed by atoms with Gasteiger partial charge in [0.15, 0.2) is 0 Å². The summed E-state index contributed by atoms with van der Waals surface area (Å²) >= 11 is 0. The largest absolute Gasteiger partial charge is 0.343 e. The van der Waals surface area contributed by atoms with Gasteiger partial charge in [-0.15, -0.1) is 0 Å². The van der Waals surface area contributed by atoms with Crippen molar-refractivity contribution >= 4 is 5.91 Å². The summed E-state index contributed by atoms with van der Waals surface area (Å²) in [4.78, 5) is 16.8. The van der Waals surface area contributed by atoms with Crippen LogP contribution in [0.2, 0.25) is 0 Å². The van der Waals surface area contributed by atoms with Crippen molar-refractivity contribution in [1.82, 2.24) is 15.1 Å². The molecule has 1 unspecified atom stereocenters. The molecule has 2 saturated heterocycles. The molecule has 2 aliphatic heterocycles. The maximum absolute atomic E-state index is 12.3. The van der Waals surface area contributed by atoms with Gasteiger partial charge in [-0.25, -0.2) is 0 Å². The predicted octanol–water partition coefficient (Wildman–Crippen LogP) is 1.71. The van der Waals surface area contributed by atoms with Crippen LogP contribution in [0.25, 0.3) is 0 Å². The summed E-state index contributed by atoms with van der Waals surface area (Å²) in [5.74, 6) is 1.12. The fourth-order valence-corrected chi connectivity index (χ4v) is 3.25. The van der Waals surface area contributed by atoms with Crippen molar-refractivity contribution in [1.29, 1.82) is 0 Å². The van der Waals surface area contributed by atoms with E-state index in [4.69, 9.17) is 0 Å². The minimum Gasteiger partial charge on any atom is -0.343 e. The van der Waals surface area contributed by atoms with E-state index in [1.54, 1.807) is 0 Å². The van der Waals surface area contributed by atoms with Crippen molar-refractivity contribution in [3.63, 3.8) is 0 Å². The predicted molar refractivity (Wildman–Crippen MR) is 82.7 cm³/mol. The molecule has 0 radical (unpaired) electrons. The third-order valence-electron chi connectivity index (χ3n) is 4.98. The topological polar surface area (TPSA) is 35.6 Å². The van der Waals surface area contributed by atoms with Crippen molar-refractivity contribution in [2.24, 2.45) is 5.92 Å². The SMILES string of the molecule is CC(C)N(C)CC1CCN(C(=O)CC2CCCN2)CC1. The summed E-state index contributed by atoms with van der Waals surface area (Å²) in [5, 5.41) is 3.42. The van der Waals surface area contributed by atoms with E-state index in [0.29, 0.717) is 24.4 Å². The van der Waals surface area contributed by atoms with Gasteiger partial charge >= 0.3 is 0 Å². The highest BCUT2D eigenvalue weighted by Crippen LogP contribution is 2.20. The molecule has 2 fully saturated rings. The number of carbonyl (C=O) groups is 1. The quantitative estimate of drug-likeness (QED) is 0.833. The molecule has 4 nitrogen and oxygen atoms in total. The van der Waals surface area contributed by atoms with Gasteiger partial charge < -0.3 is 15.1 Å². The van der Waals surface area contributed by atoms with Crippen molar-refractivity contribution in [2.75, 3.05) is 33.2 Å². The van der Waals surface area contributed by atoms with Crippen LogP contribution in [-0.2, 0) is 4.79 Å². The summed E-state index contributed by atoms with van der Waals surface area (Å²) in [6.45, 7) is 8.66. The van der Waals surface area contributed by atoms with Crippen LogP contribution in [0.4, 0.5) is 0 Å². The molecule has 2 aliphatic rings. The first-order chi connectivity index (χ1) is 9.56. The lowest BCUT2D eigenvalue weighted by Gasteiger charge is -2.35. The highest BCUT2D eigenvalue weighted by Gasteiger charge is 2.26. The minimum absolute atomic E-state index is 0.361. The maximum Gasteiger partial charge on any atom is 0.224 e. The summed E-state index contributed by atoms with van der Waals surface area (Å²) in [6, 6.07) is 1.05. The van der Waals surface area contributed by atoms with E-state index < -0.39 is 0 Å². The number of hydrogen-bond acceptors (Lipinski definition) is 3. The van der Waals surface area contributed by atoms with E-state index in [-0.39, 0.29) is 0 Å². The molecular weight excluding hydrogens is 250 g/mol. The molecule has 0 aliphatic carbocycles. The molecule has 116 valence electrons. The Hall–Kier alpha value is -0.610. The minimum atomic E-state index is 0.361. The number of amides is 1. The van der Waals surface area contributed by atoms with Crippen LogP contribution in [-0.4, -0.2) is 61.0 Å². The monoisotopic (exact) mass is 281 g/mol. The van der Waals surface area contributed by atoms with Crippen LogP contribution < -0.4 is 5.32 Å². The summed E-state index contributed by atoms with van der Waals surface area (Å²) < 4.78 is 0. The molecule has 4 heteroatoms. The summed E-state index contributed by atoms with van der Waals surface area (Å²) in [5.41, 5.74) is 0. The Morgan fingerprint density at radius 1 is 1.30 bits per heavy atom. The van der Waals surface area contributed by atoms with Gasteiger partial charge in [0.1, 0.15) is 0 Å². The van der Waals surface area contributed by atoms with Gasteiger partial charge in [-0.2, -0.15) is 0 Å². The van der Waals surface area contributed by atoms with Crippen LogP contribution in [0.3, 0.4) is 0 Å². The van der Waals surface area contributed by atoms with Gasteiger partial charge in [0.05, 0.1) is 0 Å². The zero-order chi connectivity index (χ0) is 14.5. The van der Waals surface area contributed by atoms with Crippen LogP contribution in [0.15, 0.2) is 0 Å². The maximum atomic E-state index is 12.3. The molecule has 0 aromatic carbocycles. The van der Waals surface area contributed by atoms with E-state index in [0.717, 1.165) is 25.6 Å². The highest BCUT2D eigenvalue weighted by atomic mass is 16.2. The Morgan fingerprint density at radius 2 is 2.00 bits per heavy atom. The number of nitrogens with zero attached hydrogens (tertiary/aromatic N) is 2. The van der Waals surface area contributed by atoms with Gasteiger partial charge in [0.25, 0.3) is 0 Å². The lowest BCUT2D eigenvalue weighted by atomic mass is 9.95. The van der Waals surface area contributed by atoms with Crippen molar-refractivity contribution < 1.29 is 4.79 Å². The van der Waals surface area contributed by atoms with Crippen LogP contribution >= 0.6 is 0 Å². The smallest absolute Gasteiger partial charge is 0.224 e. The number of likely N-dealkylation sites (tertiary alicyclic amines) is 1. The van der Waals surface area contributed by atoms with Crippen LogP contribution in [0, 0.1) is 5.92 Å². The Labute approximate surface area is 123 Å². The molecule has 1 N–H and O–H groups in total. The van der Waals surface area contributed by atoms with E-state index in [1.807, 2.05) is 0 Å². The van der Waals surface area contributed by atoms with Gasteiger partial charge in [-0.3, -0.25) is 4.79 Å². The Bertz CT molecular complexity index is 305. The third kappa shape index (κ3) is 4.45. The van der Waals surface area contributed by atoms with Crippen molar-refractivity contribution in [3.8, 4) is 0 Å². The molecule has 1 atom stereocenters. The van der Waals surface area contributed by atoms with Gasteiger partial charge in [0.2, 0.25) is 5.91 Å². The van der Waals surface area contributed by atoms with Crippen molar-refractivity contribution in [2.45, 2.75) is 58.0 Å². The zero-order valence-electron chi connectivity index (χ0n) is 13.4. The van der Waals surface area contributed by atoms with E-state index in [2.05, 4.69) is 36.0 Å². The standard InChI is InChI=1S/C16H31N3O/c1-13(2)18(3)12-14-6-9-19(10-7-14)16(20)11-15-5-4-8-17-15/h13-15,17H,4-12H2,1-3H3. The van der Waals surface area contributed by atoms with E-state index in [9.17, 15) is 4.79 Å².